The van der Waals surface area contributed by atoms with E-state index in [1.54, 1.807) is 0 Å². The maximum Gasteiger partial charge on any atom is 0.342 e. The lowest BCUT2D eigenvalue weighted by Gasteiger charge is -2.31. The van der Waals surface area contributed by atoms with Gasteiger partial charge in [0.1, 0.15) is 17.9 Å². The van der Waals surface area contributed by atoms with Gasteiger partial charge in [-0.05, 0) is 32.0 Å². The van der Waals surface area contributed by atoms with E-state index < -0.39 is 5.97 Å². The van der Waals surface area contributed by atoms with E-state index in [1.165, 1.54) is 19.2 Å². The van der Waals surface area contributed by atoms with E-state index >= 15 is 0 Å². The molecule has 11 heteroatoms. The standard InChI is InChI=1S/C22H35ClN4O6/c1-30-20-15-19(25)18(23)14-17(20)22(29)33-11-8-27-6-2-16(3-7-27)21(28)26-5-10-32-13-12-31-9-4-24/h14-16H,2-13,24-25H2,1H3,(H,26,28). The lowest BCUT2D eigenvalue weighted by atomic mass is 9.96. The minimum Gasteiger partial charge on any atom is -0.496 e. The van der Waals surface area contributed by atoms with Crippen molar-refractivity contribution in [3.05, 3.63) is 22.7 Å². The van der Waals surface area contributed by atoms with Crippen molar-refractivity contribution in [2.24, 2.45) is 11.7 Å². The zero-order valence-corrected chi connectivity index (χ0v) is 19.9. The summed E-state index contributed by atoms with van der Waals surface area (Å²) >= 11 is 6.01. The topological polar surface area (TPSA) is 138 Å². The third-order valence-electron chi connectivity index (χ3n) is 5.32. The first-order valence-corrected chi connectivity index (χ1v) is 11.5. The van der Waals surface area contributed by atoms with Crippen LogP contribution >= 0.6 is 11.6 Å². The van der Waals surface area contributed by atoms with Crippen molar-refractivity contribution < 1.29 is 28.5 Å². The molecule has 0 aliphatic carbocycles. The summed E-state index contributed by atoms with van der Waals surface area (Å²) in [7, 11) is 1.45. The Morgan fingerprint density at radius 1 is 1.12 bits per heavy atom. The number of carbonyl (C=O) groups excluding carboxylic acids is 2. The molecule has 1 aliphatic rings. The van der Waals surface area contributed by atoms with Gasteiger partial charge in [0, 0.05) is 31.6 Å². The number of anilines is 1. The van der Waals surface area contributed by atoms with Crippen molar-refractivity contribution in [3.63, 3.8) is 0 Å². The Morgan fingerprint density at radius 3 is 2.48 bits per heavy atom. The Hall–Kier alpha value is -2.11. The van der Waals surface area contributed by atoms with E-state index in [1.807, 2.05) is 0 Å². The smallest absolute Gasteiger partial charge is 0.342 e. The number of halogens is 1. The number of likely N-dealkylation sites (tertiary alicyclic amines) is 1. The quantitative estimate of drug-likeness (QED) is 0.199. The van der Waals surface area contributed by atoms with Crippen molar-refractivity contribution in [1.82, 2.24) is 10.2 Å². The summed E-state index contributed by atoms with van der Waals surface area (Å²) in [6, 6.07) is 2.95. The second-order valence-electron chi connectivity index (χ2n) is 7.63. The second-order valence-corrected chi connectivity index (χ2v) is 8.04. The molecule has 0 radical (unpaired) electrons. The normalized spacial score (nSPS) is 14.8. The highest BCUT2D eigenvalue weighted by molar-refractivity contribution is 6.33. The predicted octanol–water partition coefficient (Wildman–Crippen LogP) is 0.908. The first-order chi connectivity index (χ1) is 16.0. The average molecular weight is 487 g/mol. The molecule has 1 aromatic carbocycles. The Morgan fingerprint density at radius 2 is 1.82 bits per heavy atom. The zero-order chi connectivity index (χ0) is 24.1. The van der Waals surface area contributed by atoms with Crippen molar-refractivity contribution in [1.29, 1.82) is 0 Å². The largest absolute Gasteiger partial charge is 0.496 e. The van der Waals surface area contributed by atoms with Crippen LogP contribution in [0.25, 0.3) is 0 Å². The number of nitrogens with zero attached hydrogens (tertiary/aromatic N) is 1. The van der Waals surface area contributed by atoms with Crippen LogP contribution in [0.3, 0.4) is 0 Å². The summed E-state index contributed by atoms with van der Waals surface area (Å²) in [6.45, 7) is 5.27. The van der Waals surface area contributed by atoms with Crippen LogP contribution in [0.15, 0.2) is 12.1 Å². The van der Waals surface area contributed by atoms with Crippen LogP contribution in [0.4, 0.5) is 5.69 Å². The molecule has 5 N–H and O–H groups in total. The number of hydrogen-bond donors (Lipinski definition) is 3. The second kappa shape index (κ2) is 14.9. The van der Waals surface area contributed by atoms with Crippen molar-refractivity contribution in [3.8, 4) is 5.75 Å². The Kier molecular flexibility index (Phi) is 12.3. The van der Waals surface area contributed by atoms with E-state index in [9.17, 15) is 9.59 Å². The van der Waals surface area contributed by atoms with E-state index in [2.05, 4.69) is 10.2 Å². The molecule has 0 unspecified atom stereocenters. The molecule has 33 heavy (non-hydrogen) atoms. The molecule has 1 saturated heterocycles. The molecule has 10 nitrogen and oxygen atoms in total. The first kappa shape index (κ1) is 27.1. The molecule has 0 saturated carbocycles. The average Bonchev–Trinajstić information content (AvgIpc) is 2.82. The fourth-order valence-electron chi connectivity index (χ4n) is 3.46. The molecule has 0 aromatic heterocycles. The minimum atomic E-state index is -0.517. The van der Waals surface area contributed by atoms with Gasteiger partial charge in [-0.25, -0.2) is 4.79 Å². The number of rotatable bonds is 14. The lowest BCUT2D eigenvalue weighted by molar-refractivity contribution is -0.126. The third kappa shape index (κ3) is 9.34. The Bertz CT molecular complexity index is 759. The molecule has 1 heterocycles. The highest BCUT2D eigenvalue weighted by atomic mass is 35.5. The number of amides is 1. The number of methoxy groups -OCH3 is 1. The van der Waals surface area contributed by atoms with E-state index in [0.717, 1.165) is 25.9 Å². The number of hydrogen-bond acceptors (Lipinski definition) is 9. The molecule has 1 fully saturated rings. The highest BCUT2D eigenvalue weighted by Crippen LogP contribution is 2.29. The monoisotopic (exact) mass is 486 g/mol. The molecular formula is C22H35ClN4O6. The summed E-state index contributed by atoms with van der Waals surface area (Å²) in [5.74, 6) is -0.163. The van der Waals surface area contributed by atoms with E-state index in [4.69, 9.17) is 42.0 Å². The predicted molar refractivity (Wildman–Crippen MR) is 126 cm³/mol. The van der Waals surface area contributed by atoms with Crippen LogP contribution in [-0.2, 0) is 19.0 Å². The summed E-state index contributed by atoms with van der Waals surface area (Å²) in [6.07, 6.45) is 1.52. The molecule has 0 atom stereocenters. The highest BCUT2D eigenvalue weighted by Gasteiger charge is 2.25. The van der Waals surface area contributed by atoms with Crippen molar-refractivity contribution in [2.75, 3.05) is 78.6 Å². The summed E-state index contributed by atoms with van der Waals surface area (Å²) in [5, 5.41) is 3.19. The number of esters is 1. The van der Waals surface area contributed by atoms with Gasteiger partial charge in [-0.3, -0.25) is 9.69 Å². The molecule has 1 amide bonds. The molecule has 0 bridgehead atoms. The van der Waals surface area contributed by atoms with Crippen LogP contribution in [-0.4, -0.2) is 89.6 Å². The van der Waals surface area contributed by atoms with Crippen molar-refractivity contribution >= 4 is 29.2 Å². The van der Waals surface area contributed by atoms with Crippen LogP contribution in [0.1, 0.15) is 23.2 Å². The van der Waals surface area contributed by atoms with Gasteiger partial charge in [-0.1, -0.05) is 11.6 Å². The number of piperidine rings is 1. The zero-order valence-electron chi connectivity index (χ0n) is 19.1. The first-order valence-electron chi connectivity index (χ1n) is 11.1. The number of benzene rings is 1. The van der Waals surface area contributed by atoms with Gasteiger partial charge < -0.3 is 35.7 Å². The number of nitrogen functional groups attached to an aromatic ring is 1. The Balaban J connectivity index is 1.60. The minimum absolute atomic E-state index is 0.0159. The maximum absolute atomic E-state index is 12.4. The van der Waals surface area contributed by atoms with Gasteiger partial charge >= 0.3 is 5.97 Å². The summed E-state index contributed by atoms with van der Waals surface area (Å²) < 4.78 is 21.2. The third-order valence-corrected chi connectivity index (χ3v) is 5.64. The van der Waals surface area contributed by atoms with Crippen LogP contribution in [0.2, 0.25) is 5.02 Å². The fourth-order valence-corrected chi connectivity index (χ4v) is 3.62. The van der Waals surface area contributed by atoms with Crippen LogP contribution in [0, 0.1) is 5.92 Å². The van der Waals surface area contributed by atoms with Crippen molar-refractivity contribution in [2.45, 2.75) is 12.8 Å². The lowest BCUT2D eigenvalue weighted by Crippen LogP contribution is -2.42. The number of ether oxygens (including phenoxy) is 4. The van der Waals surface area contributed by atoms with Gasteiger partial charge in [0.25, 0.3) is 0 Å². The summed E-state index contributed by atoms with van der Waals surface area (Å²) in [5.41, 5.74) is 11.6. The van der Waals surface area contributed by atoms with Gasteiger partial charge in [0.05, 0.1) is 44.2 Å². The molecule has 0 spiro atoms. The van der Waals surface area contributed by atoms with E-state index in [0.29, 0.717) is 57.5 Å². The fraction of sp³-hybridized carbons (Fsp3) is 0.636. The molecule has 186 valence electrons. The molecular weight excluding hydrogens is 452 g/mol. The number of carbonyl (C=O) groups is 2. The van der Waals surface area contributed by atoms with E-state index in [-0.39, 0.29) is 29.0 Å². The molecule has 2 rings (SSSR count). The summed E-state index contributed by atoms with van der Waals surface area (Å²) in [4.78, 5) is 26.9. The van der Waals surface area contributed by atoms with Gasteiger partial charge in [0.15, 0.2) is 0 Å². The number of nitrogens with two attached hydrogens (primary N) is 2. The molecule has 1 aromatic rings. The SMILES string of the molecule is COc1cc(N)c(Cl)cc1C(=O)OCCN1CCC(C(=O)NCCOCCOCCN)CC1. The van der Waals surface area contributed by atoms with Crippen LogP contribution < -0.4 is 21.5 Å². The van der Waals surface area contributed by atoms with Gasteiger partial charge in [-0.15, -0.1) is 0 Å². The molecule has 1 aliphatic heterocycles. The van der Waals surface area contributed by atoms with Gasteiger partial charge in [-0.2, -0.15) is 0 Å². The maximum atomic E-state index is 12.4. The number of nitrogens with one attached hydrogen (secondary N) is 1. The van der Waals surface area contributed by atoms with Crippen LogP contribution in [0.5, 0.6) is 5.75 Å². The Labute approximate surface area is 199 Å². The van der Waals surface area contributed by atoms with Gasteiger partial charge in [0.2, 0.25) is 5.91 Å².